The number of hydrogen-bond donors (Lipinski definition) is 0. The van der Waals surface area contributed by atoms with Crippen LogP contribution in [0.3, 0.4) is 0 Å². The van der Waals surface area contributed by atoms with E-state index in [1.54, 1.807) is 11.8 Å². The molecule has 0 spiro atoms. The average Bonchev–Trinajstić information content (AvgIpc) is 2.19. The van der Waals surface area contributed by atoms with Crippen molar-refractivity contribution in [2.24, 2.45) is 0 Å². The van der Waals surface area contributed by atoms with E-state index < -0.39 is 0 Å². The van der Waals surface area contributed by atoms with Gasteiger partial charge in [-0.15, -0.1) is 0 Å². The molecule has 0 N–H and O–H groups in total. The molecule has 14 heavy (non-hydrogen) atoms. The highest BCUT2D eigenvalue weighted by Crippen LogP contribution is 2.22. The summed E-state index contributed by atoms with van der Waals surface area (Å²) in [4.78, 5) is 8.82. The molecule has 0 atom stereocenters. The van der Waals surface area contributed by atoms with Gasteiger partial charge in [0.2, 0.25) is 0 Å². The zero-order valence-electron chi connectivity index (χ0n) is 7.91. The van der Waals surface area contributed by atoms with Gasteiger partial charge in [-0.05, 0) is 31.4 Å². The van der Waals surface area contributed by atoms with E-state index in [1.807, 2.05) is 25.3 Å². The minimum absolute atomic E-state index is 0.831. The van der Waals surface area contributed by atoms with E-state index in [4.69, 9.17) is 0 Å². The maximum Gasteiger partial charge on any atom is 0.188 e. The highest BCUT2D eigenvalue weighted by molar-refractivity contribution is 9.10. The molecule has 0 aliphatic carbocycles. The molecule has 1 aromatic heterocycles. The number of fused-ring (bicyclic) bond motifs is 1. The highest BCUT2D eigenvalue weighted by atomic mass is 79.9. The smallest absolute Gasteiger partial charge is 0.188 e. The molecule has 4 heteroatoms. The van der Waals surface area contributed by atoms with Crippen LogP contribution in [0.5, 0.6) is 0 Å². The first-order valence-corrected chi connectivity index (χ1v) is 6.20. The maximum atomic E-state index is 4.43. The predicted octanol–water partition coefficient (Wildman–Crippen LogP) is 3.42. The van der Waals surface area contributed by atoms with Gasteiger partial charge in [-0.2, -0.15) is 0 Å². The molecule has 2 rings (SSSR count). The van der Waals surface area contributed by atoms with Crippen molar-refractivity contribution >= 4 is 38.6 Å². The Morgan fingerprint density at radius 1 is 1.29 bits per heavy atom. The lowest BCUT2D eigenvalue weighted by molar-refractivity contribution is 0.972. The Morgan fingerprint density at radius 2 is 2.07 bits per heavy atom. The maximum absolute atomic E-state index is 4.43. The second kappa shape index (κ2) is 3.87. The van der Waals surface area contributed by atoms with Gasteiger partial charge in [0.15, 0.2) is 5.16 Å². The van der Waals surface area contributed by atoms with E-state index in [-0.39, 0.29) is 0 Å². The fourth-order valence-corrected chi connectivity index (χ4v) is 2.10. The second-order valence-electron chi connectivity index (χ2n) is 2.96. The van der Waals surface area contributed by atoms with Gasteiger partial charge in [-0.3, -0.25) is 0 Å². The average molecular weight is 269 g/mol. The third-order valence-corrected chi connectivity index (χ3v) is 3.05. The summed E-state index contributed by atoms with van der Waals surface area (Å²) >= 11 is 5.01. The Hall–Kier alpha value is -0.610. The van der Waals surface area contributed by atoms with E-state index in [2.05, 4.69) is 32.0 Å². The van der Waals surface area contributed by atoms with Crippen LogP contribution < -0.4 is 0 Å². The molecule has 2 nitrogen and oxygen atoms in total. The number of rotatable bonds is 1. The quantitative estimate of drug-likeness (QED) is 0.586. The summed E-state index contributed by atoms with van der Waals surface area (Å²) in [5.41, 5.74) is 2.03. The van der Waals surface area contributed by atoms with Crippen molar-refractivity contribution in [3.8, 4) is 0 Å². The summed E-state index contributed by atoms with van der Waals surface area (Å²) < 4.78 is 1.06. The SMILES string of the molecule is CSc1nc(C)c2cc(Br)ccc2n1. The third kappa shape index (κ3) is 1.77. The molecule has 0 saturated heterocycles. The second-order valence-corrected chi connectivity index (χ2v) is 4.65. The summed E-state index contributed by atoms with van der Waals surface area (Å²) in [5, 5.41) is 1.94. The van der Waals surface area contributed by atoms with Gasteiger partial charge in [0.05, 0.1) is 5.52 Å². The monoisotopic (exact) mass is 268 g/mol. The van der Waals surface area contributed by atoms with Crippen LogP contribution in [0.4, 0.5) is 0 Å². The van der Waals surface area contributed by atoms with Gasteiger partial charge in [-0.25, -0.2) is 9.97 Å². The van der Waals surface area contributed by atoms with Crippen molar-refractivity contribution in [2.75, 3.05) is 6.26 Å². The summed E-state index contributed by atoms with van der Waals surface area (Å²) in [6.07, 6.45) is 1.99. The molecule has 2 aromatic rings. The van der Waals surface area contributed by atoms with Crippen LogP contribution in [0.15, 0.2) is 27.8 Å². The van der Waals surface area contributed by atoms with Crippen LogP contribution in [0.2, 0.25) is 0 Å². The zero-order chi connectivity index (χ0) is 10.1. The molecule has 0 aliphatic heterocycles. The van der Waals surface area contributed by atoms with Crippen molar-refractivity contribution in [2.45, 2.75) is 12.1 Å². The Morgan fingerprint density at radius 3 is 2.79 bits per heavy atom. The van der Waals surface area contributed by atoms with Crippen molar-refractivity contribution in [3.63, 3.8) is 0 Å². The Labute approximate surface area is 95.3 Å². The van der Waals surface area contributed by atoms with Crippen molar-refractivity contribution < 1.29 is 0 Å². The van der Waals surface area contributed by atoms with Crippen molar-refractivity contribution in [1.29, 1.82) is 0 Å². The number of halogens is 1. The van der Waals surface area contributed by atoms with Crippen LogP contribution in [-0.4, -0.2) is 16.2 Å². The number of benzene rings is 1. The minimum Gasteiger partial charge on any atom is -0.227 e. The fourth-order valence-electron chi connectivity index (χ4n) is 1.32. The van der Waals surface area contributed by atoms with Crippen molar-refractivity contribution in [3.05, 3.63) is 28.4 Å². The van der Waals surface area contributed by atoms with E-state index >= 15 is 0 Å². The summed E-state index contributed by atoms with van der Waals surface area (Å²) in [6.45, 7) is 2.01. The highest BCUT2D eigenvalue weighted by Gasteiger charge is 2.03. The predicted molar refractivity (Wildman–Crippen MR) is 63.8 cm³/mol. The van der Waals surface area contributed by atoms with Crippen LogP contribution in [0.25, 0.3) is 10.9 Å². The number of aryl methyl sites for hydroxylation is 1. The van der Waals surface area contributed by atoms with Gasteiger partial charge in [0, 0.05) is 15.6 Å². The van der Waals surface area contributed by atoms with Gasteiger partial charge in [0.1, 0.15) is 0 Å². The number of nitrogens with zero attached hydrogens (tertiary/aromatic N) is 2. The lowest BCUT2D eigenvalue weighted by Gasteiger charge is -2.03. The van der Waals surface area contributed by atoms with Crippen LogP contribution in [0, 0.1) is 6.92 Å². The molecule has 0 fully saturated rings. The summed E-state index contributed by atoms with van der Waals surface area (Å²) in [7, 11) is 0. The lowest BCUT2D eigenvalue weighted by Crippen LogP contribution is -1.91. The van der Waals surface area contributed by atoms with E-state index in [0.717, 1.165) is 26.2 Å². The van der Waals surface area contributed by atoms with Gasteiger partial charge in [0.25, 0.3) is 0 Å². The topological polar surface area (TPSA) is 25.8 Å². The van der Waals surface area contributed by atoms with Crippen LogP contribution in [0.1, 0.15) is 5.69 Å². The Balaban J connectivity index is 2.76. The molecule has 1 aromatic carbocycles. The van der Waals surface area contributed by atoms with E-state index in [1.165, 1.54) is 0 Å². The molecule has 0 bridgehead atoms. The first-order chi connectivity index (χ1) is 6.70. The zero-order valence-corrected chi connectivity index (χ0v) is 10.3. The molecule has 72 valence electrons. The Bertz CT molecular complexity index is 485. The summed E-state index contributed by atoms with van der Waals surface area (Å²) in [6, 6.07) is 6.06. The Kier molecular flexibility index (Phi) is 2.74. The molecule has 0 radical (unpaired) electrons. The molecular weight excluding hydrogens is 260 g/mol. The molecule has 0 unspecified atom stereocenters. The summed E-state index contributed by atoms with van der Waals surface area (Å²) in [5.74, 6) is 0. The molecule has 0 aliphatic rings. The molecule has 0 amide bonds. The largest absolute Gasteiger partial charge is 0.227 e. The number of aromatic nitrogens is 2. The minimum atomic E-state index is 0.831. The fraction of sp³-hybridized carbons (Fsp3) is 0.200. The standard InChI is InChI=1S/C10H9BrN2S/c1-6-8-5-7(11)3-4-9(8)13-10(12-6)14-2/h3-5H,1-2H3. The third-order valence-electron chi connectivity index (χ3n) is 2.01. The first-order valence-electron chi connectivity index (χ1n) is 4.18. The first kappa shape index (κ1) is 9.93. The van der Waals surface area contributed by atoms with Crippen molar-refractivity contribution in [1.82, 2.24) is 9.97 Å². The van der Waals surface area contributed by atoms with E-state index in [9.17, 15) is 0 Å². The van der Waals surface area contributed by atoms with Gasteiger partial charge < -0.3 is 0 Å². The van der Waals surface area contributed by atoms with Gasteiger partial charge in [-0.1, -0.05) is 27.7 Å². The number of thioether (sulfide) groups is 1. The normalized spacial score (nSPS) is 10.8. The lowest BCUT2D eigenvalue weighted by atomic mass is 10.2. The number of hydrogen-bond acceptors (Lipinski definition) is 3. The van der Waals surface area contributed by atoms with Crippen LogP contribution in [-0.2, 0) is 0 Å². The molecule has 1 heterocycles. The van der Waals surface area contributed by atoms with E-state index in [0.29, 0.717) is 0 Å². The van der Waals surface area contributed by atoms with Crippen LogP contribution >= 0.6 is 27.7 Å². The van der Waals surface area contributed by atoms with Gasteiger partial charge >= 0.3 is 0 Å². The molecular formula is C10H9BrN2S. The molecule has 0 saturated carbocycles.